The van der Waals surface area contributed by atoms with Crippen LogP contribution in [-0.2, 0) is 0 Å². The summed E-state index contributed by atoms with van der Waals surface area (Å²) in [5.74, 6) is 3.39. The molecule has 0 aliphatic heterocycles. The summed E-state index contributed by atoms with van der Waals surface area (Å²) >= 11 is 0. The molecule has 7 nitrogen and oxygen atoms in total. The van der Waals surface area contributed by atoms with Gasteiger partial charge in [0, 0.05) is 44.2 Å². The summed E-state index contributed by atoms with van der Waals surface area (Å²) in [5, 5.41) is 2.29. The Labute approximate surface area is 352 Å². The van der Waals surface area contributed by atoms with E-state index < -0.39 is 0 Å². The van der Waals surface area contributed by atoms with E-state index in [0.717, 1.165) is 72.0 Å². The second-order valence-corrected chi connectivity index (χ2v) is 14.8. The van der Waals surface area contributed by atoms with Gasteiger partial charge in [0.2, 0.25) is 0 Å². The van der Waals surface area contributed by atoms with Gasteiger partial charge in [-0.05, 0) is 41.5 Å². The van der Waals surface area contributed by atoms with Crippen LogP contribution in [0.5, 0.6) is 0 Å². The van der Waals surface area contributed by atoms with E-state index >= 15 is 0 Å². The number of para-hydroxylation sites is 1. The minimum Gasteiger partial charge on any atom is -0.308 e. The lowest BCUT2D eigenvalue weighted by Crippen LogP contribution is -2.05. The average Bonchev–Trinajstić information content (AvgIpc) is 3.68. The highest BCUT2D eigenvalue weighted by molar-refractivity contribution is 6.10. The number of rotatable bonds is 8. The predicted molar refractivity (Wildman–Crippen MR) is 246 cm³/mol. The average molecular weight is 782 g/mol. The van der Waals surface area contributed by atoms with Gasteiger partial charge in [-0.15, -0.1) is 0 Å². The topological polar surface area (TPSA) is 82.3 Å². The van der Waals surface area contributed by atoms with Gasteiger partial charge in [0.15, 0.2) is 34.9 Å². The van der Waals surface area contributed by atoms with E-state index in [1.165, 1.54) is 0 Å². The molecule has 0 amide bonds. The highest BCUT2D eigenvalue weighted by atomic mass is 15.1. The van der Waals surface area contributed by atoms with Crippen molar-refractivity contribution in [2.24, 2.45) is 0 Å². The Balaban J connectivity index is 1.21. The fourth-order valence-corrected chi connectivity index (χ4v) is 7.96. The molecule has 0 aliphatic carbocycles. The van der Waals surface area contributed by atoms with Crippen LogP contribution >= 0.6 is 0 Å². The summed E-state index contributed by atoms with van der Waals surface area (Å²) in [4.78, 5) is 30.8. The highest BCUT2D eigenvalue weighted by Crippen LogP contribution is 2.39. The van der Waals surface area contributed by atoms with E-state index in [1.54, 1.807) is 0 Å². The molecule has 8 aromatic carbocycles. The van der Waals surface area contributed by atoms with E-state index in [2.05, 4.69) is 89.5 Å². The molecule has 0 bridgehead atoms. The lowest BCUT2D eigenvalue weighted by Gasteiger charge is -2.16. The van der Waals surface area contributed by atoms with E-state index in [4.69, 9.17) is 29.9 Å². The van der Waals surface area contributed by atoms with Crippen molar-refractivity contribution in [2.45, 2.75) is 0 Å². The molecular formula is C54H35N7. The zero-order chi connectivity index (χ0) is 40.5. The number of hydrogen-bond donors (Lipinski definition) is 0. The molecule has 3 heterocycles. The van der Waals surface area contributed by atoms with Crippen molar-refractivity contribution in [2.75, 3.05) is 0 Å². The third-order valence-electron chi connectivity index (χ3n) is 10.9. The fraction of sp³-hybridized carbons (Fsp3) is 0. The third-order valence-corrected chi connectivity index (χ3v) is 10.9. The maximum atomic E-state index is 5.27. The van der Waals surface area contributed by atoms with Crippen LogP contribution in [0.15, 0.2) is 212 Å². The van der Waals surface area contributed by atoms with E-state index in [1.807, 2.05) is 127 Å². The van der Waals surface area contributed by atoms with Gasteiger partial charge in [-0.25, -0.2) is 29.9 Å². The number of aromatic nitrogens is 7. The normalized spacial score (nSPS) is 11.3. The Bertz CT molecular complexity index is 3220. The smallest absolute Gasteiger partial charge is 0.166 e. The SMILES string of the molecule is c1ccc(-c2ccc3c4ccccc4n(-c4ccc(-c5nc(-c6ccccc6)nc(-c6ccccc6)n5)cc4-c4nc(-c5ccccc5)nc(-c5ccccc5)n4)c3c2)cc1. The fourth-order valence-electron chi connectivity index (χ4n) is 7.96. The van der Waals surface area contributed by atoms with Gasteiger partial charge in [0.25, 0.3) is 0 Å². The maximum Gasteiger partial charge on any atom is 0.166 e. The van der Waals surface area contributed by atoms with Gasteiger partial charge in [-0.2, -0.15) is 0 Å². The Kier molecular flexibility index (Phi) is 9.02. The minimum atomic E-state index is 0.523. The van der Waals surface area contributed by atoms with Gasteiger partial charge in [-0.1, -0.05) is 182 Å². The maximum absolute atomic E-state index is 5.27. The zero-order valence-corrected chi connectivity index (χ0v) is 32.8. The second kappa shape index (κ2) is 15.4. The van der Waals surface area contributed by atoms with Gasteiger partial charge < -0.3 is 4.57 Å². The summed E-state index contributed by atoms with van der Waals surface area (Å²) in [6, 6.07) is 72.4. The van der Waals surface area contributed by atoms with Crippen LogP contribution < -0.4 is 0 Å². The summed E-state index contributed by atoms with van der Waals surface area (Å²) in [7, 11) is 0. The minimum absolute atomic E-state index is 0.523. The number of hydrogen-bond acceptors (Lipinski definition) is 6. The number of benzene rings is 8. The Morgan fingerprint density at radius 2 is 0.623 bits per heavy atom. The van der Waals surface area contributed by atoms with Crippen LogP contribution in [0.1, 0.15) is 0 Å². The molecule has 3 aromatic heterocycles. The van der Waals surface area contributed by atoms with Crippen molar-refractivity contribution in [3.8, 4) is 85.1 Å². The zero-order valence-electron chi connectivity index (χ0n) is 32.8. The Hall–Kier alpha value is -8.42. The quantitative estimate of drug-likeness (QED) is 0.153. The molecule has 0 saturated heterocycles. The molecule has 11 aromatic rings. The molecule has 7 heteroatoms. The van der Waals surface area contributed by atoms with Gasteiger partial charge in [0.05, 0.1) is 16.7 Å². The first kappa shape index (κ1) is 35.7. The third kappa shape index (κ3) is 6.80. The number of nitrogens with zero attached hydrogens (tertiary/aromatic N) is 7. The van der Waals surface area contributed by atoms with E-state index in [9.17, 15) is 0 Å². The Morgan fingerprint density at radius 3 is 1.11 bits per heavy atom. The largest absolute Gasteiger partial charge is 0.308 e. The molecule has 0 radical (unpaired) electrons. The van der Waals surface area contributed by atoms with Crippen molar-refractivity contribution in [3.63, 3.8) is 0 Å². The summed E-state index contributed by atoms with van der Waals surface area (Å²) in [5.41, 5.74) is 10.5. The van der Waals surface area contributed by atoms with Crippen LogP contribution in [-0.4, -0.2) is 34.5 Å². The van der Waals surface area contributed by atoms with Crippen LogP contribution in [0.2, 0.25) is 0 Å². The van der Waals surface area contributed by atoms with Crippen LogP contribution in [0, 0.1) is 0 Å². The van der Waals surface area contributed by atoms with Crippen molar-refractivity contribution in [3.05, 3.63) is 212 Å². The van der Waals surface area contributed by atoms with Gasteiger partial charge >= 0.3 is 0 Å². The summed E-state index contributed by atoms with van der Waals surface area (Å²) < 4.78 is 2.34. The van der Waals surface area contributed by atoms with Crippen LogP contribution in [0.25, 0.3) is 107 Å². The first-order valence-corrected chi connectivity index (χ1v) is 20.2. The van der Waals surface area contributed by atoms with Crippen LogP contribution in [0.3, 0.4) is 0 Å². The van der Waals surface area contributed by atoms with Crippen molar-refractivity contribution in [1.29, 1.82) is 0 Å². The number of fused-ring (bicyclic) bond motifs is 3. The lowest BCUT2D eigenvalue weighted by atomic mass is 10.0. The molecule has 0 aliphatic rings. The van der Waals surface area contributed by atoms with Crippen molar-refractivity contribution < 1.29 is 0 Å². The Morgan fingerprint density at radius 1 is 0.246 bits per heavy atom. The lowest BCUT2D eigenvalue weighted by molar-refractivity contribution is 1.06. The molecule has 61 heavy (non-hydrogen) atoms. The monoisotopic (exact) mass is 781 g/mol. The van der Waals surface area contributed by atoms with Gasteiger partial charge in [-0.3, -0.25) is 0 Å². The van der Waals surface area contributed by atoms with E-state index in [0.29, 0.717) is 34.9 Å². The van der Waals surface area contributed by atoms with Crippen LogP contribution in [0.4, 0.5) is 0 Å². The summed E-state index contributed by atoms with van der Waals surface area (Å²) in [6.07, 6.45) is 0. The van der Waals surface area contributed by atoms with Crippen molar-refractivity contribution >= 4 is 21.8 Å². The first-order valence-electron chi connectivity index (χ1n) is 20.2. The van der Waals surface area contributed by atoms with Gasteiger partial charge in [0.1, 0.15) is 0 Å². The van der Waals surface area contributed by atoms with E-state index in [-0.39, 0.29) is 0 Å². The molecular weight excluding hydrogens is 747 g/mol. The molecule has 0 fully saturated rings. The molecule has 0 unspecified atom stereocenters. The summed E-state index contributed by atoms with van der Waals surface area (Å²) in [6.45, 7) is 0. The molecule has 0 N–H and O–H groups in total. The first-order chi connectivity index (χ1) is 30.2. The second-order valence-electron chi connectivity index (χ2n) is 14.8. The van der Waals surface area contributed by atoms with Crippen molar-refractivity contribution in [1.82, 2.24) is 34.5 Å². The molecule has 0 saturated carbocycles. The highest BCUT2D eigenvalue weighted by Gasteiger charge is 2.22. The molecule has 11 rings (SSSR count). The standard InChI is InChI=1S/C54H35N7/c1-6-18-36(19-7-1)41-30-32-44-43-28-16-17-29-46(43)61(48(44)35-41)47-33-31-42(53-57-49(37-20-8-2-9-21-37)55-50(58-53)38-22-10-3-11-23-38)34-45(47)54-59-51(39-24-12-4-13-25-39)56-52(60-54)40-26-14-5-15-27-40/h1-35H. The molecule has 286 valence electrons. The molecule has 0 spiro atoms. The predicted octanol–water partition coefficient (Wildman–Crippen LogP) is 12.8. The molecule has 0 atom stereocenters.